The molecule has 1 aromatic carbocycles. The molecule has 8 heteroatoms. The Balaban J connectivity index is 2.05. The van der Waals surface area contributed by atoms with Crippen molar-refractivity contribution in [2.75, 3.05) is 5.43 Å². The van der Waals surface area contributed by atoms with Crippen molar-refractivity contribution in [3.8, 4) is 0 Å². The average Bonchev–Trinajstić information content (AvgIpc) is 2.99. The van der Waals surface area contributed by atoms with Gasteiger partial charge in [0.1, 0.15) is 0 Å². The molecule has 26 heavy (non-hydrogen) atoms. The molecule has 0 aliphatic rings. The second kappa shape index (κ2) is 6.99. The minimum atomic E-state index is -0.404. The van der Waals surface area contributed by atoms with Gasteiger partial charge in [-0.25, -0.2) is 10.2 Å². The first-order valence-electron chi connectivity index (χ1n) is 8.46. The van der Waals surface area contributed by atoms with Gasteiger partial charge in [-0.1, -0.05) is 36.8 Å². The van der Waals surface area contributed by atoms with Gasteiger partial charge in [-0.05, 0) is 18.9 Å². The summed E-state index contributed by atoms with van der Waals surface area (Å²) < 4.78 is 4.23. The van der Waals surface area contributed by atoms with E-state index in [1.165, 1.54) is 17.2 Å². The molecule has 1 N–H and O–H groups in total. The van der Waals surface area contributed by atoms with Crippen LogP contribution in [0.2, 0.25) is 0 Å². The monoisotopic (exact) mass is 354 g/mol. The Kier molecular flexibility index (Phi) is 4.75. The molecule has 2 heterocycles. The van der Waals surface area contributed by atoms with Gasteiger partial charge < -0.3 is 4.57 Å². The SMILES string of the molecule is CCCn1c(N/N=C\c2ccc(C)cc2)nc2c1c(=O)n(C)c(=O)n2C. The number of hydrogen-bond acceptors (Lipinski definition) is 5. The van der Waals surface area contributed by atoms with Gasteiger partial charge in [0.05, 0.1) is 6.21 Å². The maximum atomic E-state index is 12.6. The van der Waals surface area contributed by atoms with Crippen LogP contribution in [0.3, 0.4) is 0 Å². The fourth-order valence-electron chi connectivity index (χ4n) is 2.79. The third kappa shape index (κ3) is 3.05. The summed E-state index contributed by atoms with van der Waals surface area (Å²) in [5, 5.41) is 4.23. The normalized spacial score (nSPS) is 11.5. The maximum Gasteiger partial charge on any atom is 0.332 e. The zero-order valence-electron chi connectivity index (χ0n) is 15.4. The molecule has 0 saturated carbocycles. The van der Waals surface area contributed by atoms with Crippen LogP contribution in [0.4, 0.5) is 5.95 Å². The van der Waals surface area contributed by atoms with Crippen molar-refractivity contribution in [1.82, 2.24) is 18.7 Å². The number of anilines is 1. The predicted molar refractivity (Wildman–Crippen MR) is 103 cm³/mol. The van der Waals surface area contributed by atoms with E-state index in [4.69, 9.17) is 0 Å². The number of aryl methyl sites for hydroxylation is 3. The molecule has 0 radical (unpaired) electrons. The average molecular weight is 354 g/mol. The molecule has 0 unspecified atom stereocenters. The lowest BCUT2D eigenvalue weighted by Crippen LogP contribution is -2.37. The highest BCUT2D eigenvalue weighted by Gasteiger charge is 2.18. The number of hydrazone groups is 1. The minimum Gasteiger partial charge on any atom is -0.303 e. The van der Waals surface area contributed by atoms with Crippen LogP contribution in [-0.2, 0) is 20.6 Å². The lowest BCUT2D eigenvalue weighted by molar-refractivity contribution is 0.679. The van der Waals surface area contributed by atoms with E-state index >= 15 is 0 Å². The number of rotatable bonds is 5. The lowest BCUT2D eigenvalue weighted by Gasteiger charge is -2.07. The quantitative estimate of drug-likeness (QED) is 0.557. The summed E-state index contributed by atoms with van der Waals surface area (Å²) >= 11 is 0. The lowest BCUT2D eigenvalue weighted by atomic mass is 10.2. The Labute approximate surface area is 150 Å². The Morgan fingerprint density at radius 1 is 1.15 bits per heavy atom. The van der Waals surface area contributed by atoms with E-state index in [1.54, 1.807) is 17.8 Å². The summed E-state index contributed by atoms with van der Waals surface area (Å²) in [6.07, 6.45) is 2.50. The van der Waals surface area contributed by atoms with Crippen molar-refractivity contribution in [2.45, 2.75) is 26.8 Å². The number of fused-ring (bicyclic) bond motifs is 1. The zero-order chi connectivity index (χ0) is 18.8. The number of nitrogens with one attached hydrogen (secondary N) is 1. The summed E-state index contributed by atoms with van der Waals surface area (Å²) in [6.45, 7) is 4.63. The van der Waals surface area contributed by atoms with Gasteiger partial charge in [0, 0.05) is 20.6 Å². The van der Waals surface area contributed by atoms with Crippen LogP contribution < -0.4 is 16.7 Å². The molecule has 0 amide bonds. The molecule has 0 bridgehead atoms. The number of nitrogens with zero attached hydrogens (tertiary/aromatic N) is 5. The first-order chi connectivity index (χ1) is 12.4. The van der Waals surface area contributed by atoms with E-state index in [0.29, 0.717) is 23.7 Å². The Morgan fingerprint density at radius 2 is 1.85 bits per heavy atom. The van der Waals surface area contributed by atoms with E-state index in [2.05, 4.69) is 15.5 Å². The van der Waals surface area contributed by atoms with E-state index in [-0.39, 0.29) is 5.56 Å². The topological polar surface area (TPSA) is 86.2 Å². The number of benzene rings is 1. The zero-order valence-corrected chi connectivity index (χ0v) is 15.4. The summed E-state index contributed by atoms with van der Waals surface area (Å²) in [7, 11) is 3.07. The summed E-state index contributed by atoms with van der Waals surface area (Å²) in [5.74, 6) is 0.434. The molecule has 8 nitrogen and oxygen atoms in total. The molecular formula is C18H22N6O2. The third-order valence-corrected chi connectivity index (χ3v) is 4.25. The highest BCUT2D eigenvalue weighted by atomic mass is 16.2. The van der Waals surface area contributed by atoms with Crippen LogP contribution in [0.5, 0.6) is 0 Å². The molecule has 0 aliphatic carbocycles. The van der Waals surface area contributed by atoms with Gasteiger partial charge in [0.25, 0.3) is 5.56 Å². The van der Waals surface area contributed by atoms with Crippen molar-refractivity contribution in [3.63, 3.8) is 0 Å². The van der Waals surface area contributed by atoms with Gasteiger partial charge in [-0.2, -0.15) is 10.1 Å². The van der Waals surface area contributed by atoms with E-state index in [1.807, 2.05) is 38.1 Å². The van der Waals surface area contributed by atoms with Crippen molar-refractivity contribution in [2.24, 2.45) is 19.2 Å². The Hall–Kier alpha value is -3.16. The van der Waals surface area contributed by atoms with Crippen molar-refractivity contribution in [1.29, 1.82) is 0 Å². The fraction of sp³-hybridized carbons (Fsp3) is 0.333. The van der Waals surface area contributed by atoms with E-state index < -0.39 is 5.69 Å². The highest BCUT2D eigenvalue weighted by Crippen LogP contribution is 2.16. The highest BCUT2D eigenvalue weighted by molar-refractivity contribution is 5.80. The minimum absolute atomic E-state index is 0.347. The molecule has 3 rings (SSSR count). The smallest absolute Gasteiger partial charge is 0.303 e. The Morgan fingerprint density at radius 3 is 2.50 bits per heavy atom. The van der Waals surface area contributed by atoms with Crippen LogP contribution in [0.1, 0.15) is 24.5 Å². The van der Waals surface area contributed by atoms with Gasteiger partial charge in [-0.3, -0.25) is 13.9 Å². The predicted octanol–water partition coefficient (Wildman–Crippen LogP) is 1.60. The van der Waals surface area contributed by atoms with Crippen LogP contribution in [0, 0.1) is 6.92 Å². The van der Waals surface area contributed by atoms with Crippen molar-refractivity contribution >= 4 is 23.3 Å². The van der Waals surface area contributed by atoms with E-state index in [0.717, 1.165) is 16.6 Å². The molecular weight excluding hydrogens is 332 g/mol. The van der Waals surface area contributed by atoms with Crippen LogP contribution >= 0.6 is 0 Å². The van der Waals surface area contributed by atoms with E-state index in [9.17, 15) is 9.59 Å². The van der Waals surface area contributed by atoms with Crippen molar-refractivity contribution in [3.05, 3.63) is 56.2 Å². The number of imidazole rings is 1. The van der Waals surface area contributed by atoms with Gasteiger partial charge in [0.2, 0.25) is 5.95 Å². The van der Waals surface area contributed by atoms with Gasteiger partial charge in [0.15, 0.2) is 11.2 Å². The molecule has 2 aromatic heterocycles. The van der Waals surface area contributed by atoms with Crippen LogP contribution in [0.25, 0.3) is 11.2 Å². The molecule has 0 fully saturated rings. The second-order valence-corrected chi connectivity index (χ2v) is 6.25. The van der Waals surface area contributed by atoms with Crippen molar-refractivity contribution < 1.29 is 0 Å². The fourth-order valence-corrected chi connectivity index (χ4v) is 2.79. The van der Waals surface area contributed by atoms with Crippen LogP contribution in [-0.4, -0.2) is 24.9 Å². The van der Waals surface area contributed by atoms with Gasteiger partial charge >= 0.3 is 5.69 Å². The first-order valence-corrected chi connectivity index (χ1v) is 8.46. The molecule has 3 aromatic rings. The largest absolute Gasteiger partial charge is 0.332 e. The summed E-state index contributed by atoms with van der Waals surface area (Å²) in [4.78, 5) is 29.1. The summed E-state index contributed by atoms with van der Waals surface area (Å²) in [5.41, 5.74) is 5.00. The number of aromatic nitrogens is 4. The molecule has 0 aliphatic heterocycles. The molecule has 0 saturated heterocycles. The van der Waals surface area contributed by atoms with Gasteiger partial charge in [-0.15, -0.1) is 0 Å². The standard InChI is InChI=1S/C18H22N6O2/c1-5-10-24-14-15(22(3)18(26)23(4)16(14)25)20-17(24)21-19-11-13-8-6-12(2)7-9-13/h6-9,11H,5,10H2,1-4H3,(H,20,21)/b19-11-. The number of hydrogen-bond donors (Lipinski definition) is 1. The summed E-state index contributed by atoms with van der Waals surface area (Å²) in [6, 6.07) is 7.95. The van der Waals surface area contributed by atoms with Crippen LogP contribution in [0.15, 0.2) is 39.0 Å². The first kappa shape index (κ1) is 17.7. The second-order valence-electron chi connectivity index (χ2n) is 6.25. The molecule has 0 atom stereocenters. The third-order valence-electron chi connectivity index (χ3n) is 4.25. The Bertz CT molecular complexity index is 1090. The maximum absolute atomic E-state index is 12.6. The molecule has 136 valence electrons. The molecule has 0 spiro atoms.